The van der Waals surface area contributed by atoms with Crippen LogP contribution in [0.2, 0.25) is 0 Å². The first-order chi connectivity index (χ1) is 10.4. The number of nitrogens with one attached hydrogen (secondary N) is 1. The van der Waals surface area contributed by atoms with Crippen molar-refractivity contribution < 1.29 is 19.2 Å². The summed E-state index contributed by atoms with van der Waals surface area (Å²) in [5.74, 6) is 0.639. The number of benzene rings is 1. The van der Waals surface area contributed by atoms with Crippen LogP contribution in [0.4, 0.5) is 5.69 Å². The number of hydrogen-bond acceptors (Lipinski definition) is 6. The lowest BCUT2D eigenvalue weighted by Gasteiger charge is -2.12. The maximum atomic E-state index is 11.7. The van der Waals surface area contributed by atoms with E-state index in [1.54, 1.807) is 13.0 Å². The number of rotatable bonds is 8. The molecule has 0 saturated heterocycles. The highest BCUT2D eigenvalue weighted by Gasteiger charge is 2.19. The number of amides is 1. The van der Waals surface area contributed by atoms with Gasteiger partial charge in [0.25, 0.3) is 5.69 Å². The minimum Gasteiger partial charge on any atom is -0.493 e. The van der Waals surface area contributed by atoms with E-state index in [2.05, 4.69) is 5.32 Å². The molecule has 1 atom stereocenters. The van der Waals surface area contributed by atoms with Crippen molar-refractivity contribution in [2.75, 3.05) is 27.0 Å². The van der Waals surface area contributed by atoms with Gasteiger partial charge in [-0.2, -0.15) is 11.8 Å². The molecule has 1 rings (SSSR count). The smallest absolute Gasteiger partial charge is 0.276 e. The molecular formula is C14H20N2O5S. The second-order valence-electron chi connectivity index (χ2n) is 4.51. The molecule has 22 heavy (non-hydrogen) atoms. The van der Waals surface area contributed by atoms with Crippen LogP contribution in [0.1, 0.15) is 12.5 Å². The van der Waals surface area contributed by atoms with Gasteiger partial charge >= 0.3 is 0 Å². The Morgan fingerprint density at radius 1 is 1.36 bits per heavy atom. The van der Waals surface area contributed by atoms with Crippen molar-refractivity contribution in [3.63, 3.8) is 0 Å². The molecule has 0 radical (unpaired) electrons. The first kappa shape index (κ1) is 18.1. The van der Waals surface area contributed by atoms with Gasteiger partial charge < -0.3 is 14.8 Å². The van der Waals surface area contributed by atoms with E-state index in [0.29, 0.717) is 30.0 Å². The molecule has 0 aliphatic rings. The lowest BCUT2D eigenvalue weighted by Crippen LogP contribution is -2.32. The van der Waals surface area contributed by atoms with Crippen molar-refractivity contribution >= 4 is 23.4 Å². The lowest BCUT2D eigenvalue weighted by atomic mass is 10.1. The van der Waals surface area contributed by atoms with Gasteiger partial charge in [-0.25, -0.2) is 0 Å². The Morgan fingerprint density at radius 2 is 1.95 bits per heavy atom. The van der Waals surface area contributed by atoms with E-state index in [9.17, 15) is 14.9 Å². The van der Waals surface area contributed by atoms with E-state index >= 15 is 0 Å². The van der Waals surface area contributed by atoms with Crippen molar-refractivity contribution in [2.45, 2.75) is 18.6 Å². The highest BCUT2D eigenvalue weighted by Crippen LogP contribution is 2.34. The zero-order valence-corrected chi connectivity index (χ0v) is 13.9. The SMILES string of the molecule is COc1cc(CCNC(=O)C(C)SC)c([N+](=O)[O-])cc1OC. The fourth-order valence-electron chi connectivity index (χ4n) is 1.85. The van der Waals surface area contributed by atoms with Gasteiger partial charge in [0.15, 0.2) is 11.5 Å². The Bertz CT molecular complexity index is 550. The number of nitrogens with zero attached hydrogens (tertiary/aromatic N) is 1. The third-order valence-corrected chi connectivity index (χ3v) is 4.12. The number of thioether (sulfide) groups is 1. The normalized spacial score (nSPS) is 11.6. The van der Waals surface area contributed by atoms with E-state index < -0.39 is 4.92 Å². The largest absolute Gasteiger partial charge is 0.493 e. The molecule has 122 valence electrons. The molecule has 0 heterocycles. The van der Waals surface area contributed by atoms with Crippen LogP contribution in [0.5, 0.6) is 11.5 Å². The fraction of sp³-hybridized carbons (Fsp3) is 0.500. The van der Waals surface area contributed by atoms with Gasteiger partial charge in [-0.05, 0) is 25.7 Å². The third-order valence-electron chi connectivity index (χ3n) is 3.20. The Morgan fingerprint density at radius 3 is 2.45 bits per heavy atom. The van der Waals surface area contributed by atoms with Crippen molar-refractivity contribution in [1.29, 1.82) is 0 Å². The molecular weight excluding hydrogens is 308 g/mol. The van der Waals surface area contributed by atoms with E-state index in [4.69, 9.17) is 9.47 Å². The molecule has 0 spiro atoms. The van der Waals surface area contributed by atoms with Gasteiger partial charge in [0.1, 0.15) is 0 Å². The Kier molecular flexibility index (Phi) is 6.97. The summed E-state index contributed by atoms with van der Waals surface area (Å²) in [5.41, 5.74) is 0.435. The molecule has 0 aliphatic carbocycles. The van der Waals surface area contributed by atoms with Crippen LogP contribution < -0.4 is 14.8 Å². The van der Waals surface area contributed by atoms with E-state index in [0.717, 1.165) is 0 Å². The van der Waals surface area contributed by atoms with Crippen LogP contribution in [0.3, 0.4) is 0 Å². The summed E-state index contributed by atoms with van der Waals surface area (Å²) in [4.78, 5) is 22.4. The Balaban J connectivity index is 2.89. The summed E-state index contributed by atoms with van der Waals surface area (Å²) in [6.07, 6.45) is 2.19. The predicted octanol–water partition coefficient (Wildman–Crippen LogP) is 2.02. The van der Waals surface area contributed by atoms with Crippen molar-refractivity contribution in [3.05, 3.63) is 27.8 Å². The number of nitro groups is 1. The number of carbonyl (C=O) groups is 1. The molecule has 0 aliphatic heterocycles. The van der Waals surface area contributed by atoms with Gasteiger partial charge in [0, 0.05) is 12.1 Å². The average Bonchev–Trinajstić information content (AvgIpc) is 2.52. The molecule has 7 nitrogen and oxygen atoms in total. The number of ether oxygens (including phenoxy) is 2. The van der Waals surface area contributed by atoms with Crippen LogP contribution >= 0.6 is 11.8 Å². The Labute approximate surface area is 133 Å². The number of nitro benzene ring substituents is 1. The Hall–Kier alpha value is -1.96. The highest BCUT2D eigenvalue weighted by molar-refractivity contribution is 7.99. The van der Waals surface area contributed by atoms with E-state index in [-0.39, 0.29) is 16.8 Å². The first-order valence-corrected chi connectivity index (χ1v) is 7.93. The van der Waals surface area contributed by atoms with Crippen LogP contribution in [0.25, 0.3) is 0 Å². The van der Waals surface area contributed by atoms with Gasteiger partial charge in [-0.3, -0.25) is 14.9 Å². The summed E-state index contributed by atoms with van der Waals surface area (Å²) in [5, 5.41) is 13.8. The van der Waals surface area contributed by atoms with E-state index in [1.165, 1.54) is 32.0 Å². The minimum atomic E-state index is -0.469. The molecule has 0 fully saturated rings. The molecule has 0 saturated carbocycles. The zero-order chi connectivity index (χ0) is 16.7. The second kappa shape index (κ2) is 8.47. The van der Waals surface area contributed by atoms with Crippen LogP contribution in [-0.2, 0) is 11.2 Å². The van der Waals surface area contributed by atoms with Gasteiger partial charge in [0.05, 0.1) is 30.5 Å². The molecule has 0 bridgehead atoms. The van der Waals surface area contributed by atoms with Crippen molar-refractivity contribution in [3.8, 4) is 11.5 Å². The maximum Gasteiger partial charge on any atom is 0.276 e. The zero-order valence-electron chi connectivity index (χ0n) is 13.0. The molecule has 1 amide bonds. The van der Waals surface area contributed by atoms with Gasteiger partial charge in [-0.1, -0.05) is 0 Å². The minimum absolute atomic E-state index is 0.0511. The van der Waals surface area contributed by atoms with Crippen LogP contribution in [0.15, 0.2) is 12.1 Å². The molecule has 1 aromatic carbocycles. The lowest BCUT2D eigenvalue weighted by molar-refractivity contribution is -0.385. The van der Waals surface area contributed by atoms with E-state index in [1.807, 2.05) is 6.26 Å². The summed E-state index contributed by atoms with van der Waals surface area (Å²) >= 11 is 1.44. The molecule has 1 unspecified atom stereocenters. The summed E-state index contributed by atoms with van der Waals surface area (Å²) in [7, 11) is 2.89. The predicted molar refractivity (Wildman–Crippen MR) is 85.9 cm³/mol. The molecule has 1 aromatic rings. The average molecular weight is 328 g/mol. The molecule has 1 N–H and O–H groups in total. The fourth-order valence-corrected chi connectivity index (χ4v) is 2.15. The van der Waals surface area contributed by atoms with Crippen molar-refractivity contribution in [1.82, 2.24) is 5.32 Å². The quantitative estimate of drug-likeness (QED) is 0.580. The summed E-state index contributed by atoms with van der Waals surface area (Å²) in [6.45, 7) is 2.12. The first-order valence-electron chi connectivity index (χ1n) is 6.64. The van der Waals surface area contributed by atoms with Crippen molar-refractivity contribution in [2.24, 2.45) is 0 Å². The maximum absolute atomic E-state index is 11.7. The number of methoxy groups -OCH3 is 2. The second-order valence-corrected chi connectivity index (χ2v) is 5.69. The van der Waals surface area contributed by atoms with Crippen LogP contribution in [-0.4, -0.2) is 43.1 Å². The summed E-state index contributed by atoms with van der Waals surface area (Å²) < 4.78 is 10.2. The van der Waals surface area contributed by atoms with Gasteiger partial charge in [0.2, 0.25) is 5.91 Å². The number of carbonyl (C=O) groups excluding carboxylic acids is 1. The number of hydrogen-bond donors (Lipinski definition) is 1. The topological polar surface area (TPSA) is 90.7 Å². The monoisotopic (exact) mass is 328 g/mol. The standard InChI is InChI=1S/C14H20N2O5S/c1-9(22-4)14(17)15-6-5-10-7-12(20-2)13(21-3)8-11(10)16(18)19/h7-9H,5-6H2,1-4H3,(H,15,17). The summed E-state index contributed by atoms with van der Waals surface area (Å²) in [6, 6.07) is 2.90. The molecule has 8 heteroatoms. The molecule has 0 aromatic heterocycles. The van der Waals surface area contributed by atoms with Gasteiger partial charge in [-0.15, -0.1) is 0 Å². The third kappa shape index (κ3) is 4.52. The van der Waals surface area contributed by atoms with Crippen LogP contribution in [0, 0.1) is 10.1 Å². The highest BCUT2D eigenvalue weighted by atomic mass is 32.2.